The van der Waals surface area contributed by atoms with Crippen molar-refractivity contribution in [2.45, 2.75) is 65.4 Å². The molecule has 0 saturated heterocycles. The van der Waals surface area contributed by atoms with E-state index in [0.29, 0.717) is 30.9 Å². The summed E-state index contributed by atoms with van der Waals surface area (Å²) in [5.74, 6) is -0.503. The maximum atomic E-state index is 13.9. The van der Waals surface area contributed by atoms with Crippen molar-refractivity contribution in [1.29, 1.82) is 0 Å². The summed E-state index contributed by atoms with van der Waals surface area (Å²) in [6, 6.07) is 17.8. The summed E-state index contributed by atoms with van der Waals surface area (Å²) < 4.78 is 25.9. The van der Waals surface area contributed by atoms with Crippen LogP contribution in [0.5, 0.6) is 5.75 Å². The van der Waals surface area contributed by atoms with E-state index in [4.69, 9.17) is 14.6 Å². The van der Waals surface area contributed by atoms with Gasteiger partial charge < -0.3 is 25.0 Å². The Kier molecular flexibility index (Phi) is 10.0. The Labute approximate surface area is 224 Å². The van der Waals surface area contributed by atoms with Crippen LogP contribution in [0, 0.1) is 19.7 Å². The fraction of sp³-hybridized carbons (Fsp3) is 0.387. The van der Waals surface area contributed by atoms with Crippen molar-refractivity contribution in [2.75, 3.05) is 13.2 Å². The highest BCUT2D eigenvalue weighted by molar-refractivity contribution is 5.87. The molecule has 7 heteroatoms. The minimum Gasteiger partial charge on any atom is -0.489 e. The number of β-amino-alcohol motifs (C(OH)–C–C–N with tert-alkyl or cyclic N) is 1. The number of benzene rings is 3. The van der Waals surface area contributed by atoms with Crippen LogP contribution in [0.4, 0.5) is 4.39 Å². The lowest BCUT2D eigenvalue weighted by atomic mass is 9.94. The van der Waals surface area contributed by atoms with Crippen molar-refractivity contribution in [2.24, 2.45) is 0 Å². The van der Waals surface area contributed by atoms with Crippen LogP contribution >= 0.6 is 0 Å². The molecule has 0 spiro atoms. The first-order valence-corrected chi connectivity index (χ1v) is 12.8. The number of hydrogen-bond donors (Lipinski definition) is 3. The van der Waals surface area contributed by atoms with Crippen molar-refractivity contribution < 1.29 is 28.9 Å². The SMILES string of the molecule is Cc1ccc(CC(C)(C)NC[C@H](O)COC(C)c2ccccc2OCc2ccc(C(=O)O)cc2C)cc1F. The van der Waals surface area contributed by atoms with Crippen LogP contribution < -0.4 is 10.1 Å². The minimum atomic E-state index is -0.959. The number of hydrogen-bond acceptors (Lipinski definition) is 5. The number of halogens is 1. The molecule has 0 heterocycles. The van der Waals surface area contributed by atoms with Gasteiger partial charge >= 0.3 is 5.97 Å². The van der Waals surface area contributed by atoms with Gasteiger partial charge in [0.15, 0.2) is 0 Å². The van der Waals surface area contributed by atoms with Crippen molar-refractivity contribution in [3.8, 4) is 5.75 Å². The Bertz CT molecular complexity index is 1240. The van der Waals surface area contributed by atoms with Gasteiger partial charge in [0, 0.05) is 17.6 Å². The van der Waals surface area contributed by atoms with E-state index in [1.807, 2.05) is 58.0 Å². The number of aliphatic hydroxyl groups is 1. The molecule has 0 aliphatic heterocycles. The quantitative estimate of drug-likeness (QED) is 0.264. The number of aryl methyl sites for hydroxylation is 2. The molecule has 38 heavy (non-hydrogen) atoms. The summed E-state index contributed by atoms with van der Waals surface area (Å²) in [6.07, 6.45) is -0.424. The molecular weight excluding hydrogens is 485 g/mol. The van der Waals surface area contributed by atoms with Crippen LogP contribution in [0.15, 0.2) is 60.7 Å². The van der Waals surface area contributed by atoms with E-state index in [0.717, 1.165) is 22.3 Å². The molecule has 204 valence electrons. The predicted octanol–water partition coefficient (Wildman–Crippen LogP) is 5.77. The van der Waals surface area contributed by atoms with E-state index in [1.165, 1.54) is 0 Å². The van der Waals surface area contributed by atoms with E-state index in [1.54, 1.807) is 37.3 Å². The summed E-state index contributed by atoms with van der Waals surface area (Å²) in [4.78, 5) is 11.2. The number of carbonyl (C=O) groups is 1. The fourth-order valence-corrected chi connectivity index (χ4v) is 4.21. The van der Waals surface area contributed by atoms with Crippen molar-refractivity contribution in [3.63, 3.8) is 0 Å². The second kappa shape index (κ2) is 13.0. The highest BCUT2D eigenvalue weighted by Crippen LogP contribution is 2.28. The molecular formula is C31H38FNO5. The van der Waals surface area contributed by atoms with Gasteiger partial charge in [-0.15, -0.1) is 0 Å². The third-order valence-electron chi connectivity index (χ3n) is 6.57. The minimum absolute atomic E-state index is 0.132. The molecule has 0 aliphatic carbocycles. The van der Waals surface area contributed by atoms with Crippen LogP contribution in [0.2, 0.25) is 0 Å². The molecule has 0 amide bonds. The summed E-state index contributed by atoms with van der Waals surface area (Å²) in [5.41, 5.74) is 4.03. The van der Waals surface area contributed by atoms with Crippen LogP contribution in [0.1, 0.15) is 65.1 Å². The summed E-state index contributed by atoms with van der Waals surface area (Å²) in [7, 11) is 0. The summed E-state index contributed by atoms with van der Waals surface area (Å²) in [6.45, 7) is 10.3. The number of aromatic carboxylic acids is 1. The Morgan fingerprint density at radius 3 is 2.47 bits per heavy atom. The van der Waals surface area contributed by atoms with E-state index in [-0.39, 0.29) is 29.6 Å². The topological polar surface area (TPSA) is 88.0 Å². The third-order valence-corrected chi connectivity index (χ3v) is 6.57. The molecule has 1 unspecified atom stereocenters. The molecule has 0 aromatic heterocycles. The van der Waals surface area contributed by atoms with Gasteiger partial charge in [0.25, 0.3) is 0 Å². The van der Waals surface area contributed by atoms with Gasteiger partial charge in [0.05, 0.1) is 24.4 Å². The lowest BCUT2D eigenvalue weighted by Crippen LogP contribution is -2.46. The molecule has 3 aromatic carbocycles. The smallest absolute Gasteiger partial charge is 0.335 e. The average Bonchev–Trinajstić information content (AvgIpc) is 2.87. The van der Waals surface area contributed by atoms with Crippen molar-refractivity contribution in [3.05, 3.63) is 99.9 Å². The van der Waals surface area contributed by atoms with Crippen LogP contribution in [-0.2, 0) is 17.8 Å². The number of carboxylic acid groups (broad SMARTS) is 1. The zero-order valence-corrected chi connectivity index (χ0v) is 22.8. The van der Waals surface area contributed by atoms with Gasteiger partial charge in [0.2, 0.25) is 0 Å². The van der Waals surface area contributed by atoms with Crippen LogP contribution in [-0.4, -0.2) is 41.0 Å². The Hall–Kier alpha value is -3.26. The molecule has 3 N–H and O–H groups in total. The normalized spacial score (nSPS) is 13.2. The first-order valence-electron chi connectivity index (χ1n) is 12.8. The number of ether oxygens (including phenoxy) is 2. The molecule has 2 atom stereocenters. The molecule has 3 aromatic rings. The first kappa shape index (κ1) is 29.3. The number of rotatable bonds is 13. The Balaban J connectivity index is 1.51. The molecule has 6 nitrogen and oxygen atoms in total. The van der Waals surface area contributed by atoms with E-state index in [9.17, 15) is 14.3 Å². The number of carboxylic acids is 1. The van der Waals surface area contributed by atoms with Gasteiger partial charge in [-0.3, -0.25) is 0 Å². The van der Waals surface area contributed by atoms with E-state index >= 15 is 0 Å². The third kappa shape index (κ3) is 8.38. The first-order chi connectivity index (χ1) is 17.9. The monoisotopic (exact) mass is 523 g/mol. The van der Waals surface area contributed by atoms with Crippen LogP contribution in [0.3, 0.4) is 0 Å². The number of nitrogens with one attached hydrogen (secondary N) is 1. The van der Waals surface area contributed by atoms with Crippen molar-refractivity contribution in [1.82, 2.24) is 5.32 Å². The Morgan fingerprint density at radius 1 is 1.05 bits per heavy atom. The molecule has 0 fully saturated rings. The van der Waals surface area contributed by atoms with E-state index in [2.05, 4.69) is 5.32 Å². The molecule has 3 rings (SSSR count). The highest BCUT2D eigenvalue weighted by atomic mass is 19.1. The molecule has 0 saturated carbocycles. The summed E-state index contributed by atoms with van der Waals surface area (Å²) >= 11 is 0. The van der Waals surface area contributed by atoms with Gasteiger partial charge in [-0.2, -0.15) is 0 Å². The summed E-state index contributed by atoms with van der Waals surface area (Å²) in [5, 5.41) is 23.1. The average molecular weight is 524 g/mol. The largest absolute Gasteiger partial charge is 0.489 e. The molecule has 0 radical (unpaired) electrons. The second-order valence-corrected chi connectivity index (χ2v) is 10.4. The van der Waals surface area contributed by atoms with Crippen LogP contribution in [0.25, 0.3) is 0 Å². The highest BCUT2D eigenvalue weighted by Gasteiger charge is 2.21. The van der Waals surface area contributed by atoms with Gasteiger partial charge in [-0.1, -0.05) is 36.4 Å². The number of aliphatic hydroxyl groups excluding tert-OH is 1. The Morgan fingerprint density at radius 2 is 1.79 bits per heavy atom. The van der Waals surface area contributed by atoms with Gasteiger partial charge in [-0.05, 0) is 87.6 Å². The standard InChI is InChI=1S/C31H38FNO5/c1-20-10-11-23(15-28(20)32)16-31(4,5)33-17-26(34)19-37-22(3)27-8-6-7-9-29(27)38-18-25-13-12-24(30(35)36)14-21(25)2/h6-15,22,26,33-34H,16-19H2,1-5H3,(H,35,36)/t22?,26-/m0/s1. The predicted molar refractivity (Wildman–Crippen MR) is 146 cm³/mol. The van der Waals surface area contributed by atoms with Crippen molar-refractivity contribution >= 4 is 5.97 Å². The number of para-hydroxylation sites is 1. The maximum absolute atomic E-state index is 13.9. The zero-order chi connectivity index (χ0) is 27.9. The lowest BCUT2D eigenvalue weighted by Gasteiger charge is -2.28. The lowest BCUT2D eigenvalue weighted by molar-refractivity contribution is -0.00520. The fourth-order valence-electron chi connectivity index (χ4n) is 4.21. The maximum Gasteiger partial charge on any atom is 0.335 e. The van der Waals surface area contributed by atoms with Gasteiger partial charge in [-0.25, -0.2) is 9.18 Å². The molecule has 0 aliphatic rings. The zero-order valence-electron chi connectivity index (χ0n) is 22.8. The van der Waals surface area contributed by atoms with E-state index < -0.39 is 12.1 Å². The second-order valence-electron chi connectivity index (χ2n) is 10.4. The molecule has 0 bridgehead atoms. The van der Waals surface area contributed by atoms with Gasteiger partial charge in [0.1, 0.15) is 18.2 Å².